The third-order valence-corrected chi connectivity index (χ3v) is 5.96. The molecule has 6 heteroatoms. The van der Waals surface area contributed by atoms with E-state index in [0.29, 0.717) is 19.5 Å². The Morgan fingerprint density at radius 1 is 1.45 bits per heavy atom. The fourth-order valence-corrected chi connectivity index (χ4v) is 4.61. The van der Waals surface area contributed by atoms with Crippen LogP contribution in [0.2, 0.25) is 0 Å². The van der Waals surface area contributed by atoms with E-state index in [1.54, 1.807) is 16.2 Å². The van der Waals surface area contributed by atoms with Gasteiger partial charge in [0.25, 0.3) is 0 Å². The molecule has 0 aromatic carbocycles. The average Bonchev–Trinajstić information content (AvgIpc) is 3.04. The van der Waals surface area contributed by atoms with Crippen molar-refractivity contribution >= 4 is 23.2 Å². The van der Waals surface area contributed by atoms with E-state index in [-0.39, 0.29) is 11.8 Å². The SMILES string of the molecule is CC(=O)N1C[C@H]2CN(Cc3cccs3)CCC[C@@]2(C(=O)O)C1. The van der Waals surface area contributed by atoms with Gasteiger partial charge in [-0.15, -0.1) is 11.3 Å². The largest absolute Gasteiger partial charge is 0.481 e. The van der Waals surface area contributed by atoms with Crippen molar-refractivity contribution in [2.24, 2.45) is 11.3 Å². The van der Waals surface area contributed by atoms with E-state index in [2.05, 4.69) is 16.3 Å². The molecular weight excluding hydrogens is 300 g/mol. The minimum atomic E-state index is -0.754. The molecule has 1 aromatic heterocycles. The summed E-state index contributed by atoms with van der Waals surface area (Å²) in [5, 5.41) is 11.9. The second-order valence-electron chi connectivity index (χ2n) is 6.48. The number of nitrogens with zero attached hydrogens (tertiary/aromatic N) is 2. The van der Waals surface area contributed by atoms with Gasteiger partial charge in [0.2, 0.25) is 5.91 Å². The molecule has 2 atom stereocenters. The smallest absolute Gasteiger partial charge is 0.311 e. The zero-order valence-corrected chi connectivity index (χ0v) is 13.6. The first-order valence-electron chi connectivity index (χ1n) is 7.75. The first-order valence-corrected chi connectivity index (χ1v) is 8.63. The van der Waals surface area contributed by atoms with Crippen LogP contribution in [0.25, 0.3) is 0 Å². The average molecular weight is 322 g/mol. The van der Waals surface area contributed by atoms with Crippen LogP contribution in [0.1, 0.15) is 24.6 Å². The van der Waals surface area contributed by atoms with E-state index in [0.717, 1.165) is 26.1 Å². The highest BCUT2D eigenvalue weighted by Crippen LogP contribution is 2.43. The molecule has 1 amide bonds. The number of fused-ring (bicyclic) bond motifs is 1. The number of hydrogen-bond acceptors (Lipinski definition) is 4. The molecule has 1 N–H and O–H groups in total. The normalized spacial score (nSPS) is 29.1. The Hall–Kier alpha value is -1.40. The molecule has 0 aliphatic carbocycles. The van der Waals surface area contributed by atoms with Crippen molar-refractivity contribution in [2.45, 2.75) is 26.3 Å². The van der Waals surface area contributed by atoms with Gasteiger partial charge in [-0.05, 0) is 30.8 Å². The molecule has 0 radical (unpaired) electrons. The second-order valence-corrected chi connectivity index (χ2v) is 7.51. The van der Waals surface area contributed by atoms with E-state index in [1.807, 2.05) is 6.07 Å². The summed E-state index contributed by atoms with van der Waals surface area (Å²) in [6.07, 6.45) is 1.54. The molecule has 0 saturated carbocycles. The monoisotopic (exact) mass is 322 g/mol. The Labute approximate surface area is 134 Å². The van der Waals surface area contributed by atoms with E-state index < -0.39 is 11.4 Å². The molecule has 2 aliphatic rings. The van der Waals surface area contributed by atoms with Gasteiger partial charge in [0.05, 0.1) is 5.41 Å². The lowest BCUT2D eigenvalue weighted by atomic mass is 9.75. The quantitative estimate of drug-likeness (QED) is 0.923. The van der Waals surface area contributed by atoms with E-state index >= 15 is 0 Å². The number of carbonyl (C=O) groups is 2. The maximum Gasteiger partial charge on any atom is 0.311 e. The van der Waals surface area contributed by atoms with Crippen molar-refractivity contribution in [1.82, 2.24) is 9.80 Å². The first-order chi connectivity index (χ1) is 10.5. The predicted molar refractivity (Wildman–Crippen MR) is 84.6 cm³/mol. The third-order valence-electron chi connectivity index (χ3n) is 5.10. The molecule has 3 rings (SSSR count). The molecule has 2 saturated heterocycles. The topological polar surface area (TPSA) is 60.9 Å². The highest BCUT2D eigenvalue weighted by molar-refractivity contribution is 7.09. The van der Waals surface area contributed by atoms with Crippen LogP contribution in [-0.2, 0) is 16.1 Å². The number of thiophene rings is 1. The van der Waals surface area contributed by atoms with Crippen LogP contribution in [0.15, 0.2) is 17.5 Å². The Morgan fingerprint density at radius 3 is 2.91 bits per heavy atom. The maximum absolute atomic E-state index is 11.9. The van der Waals surface area contributed by atoms with Crippen LogP contribution < -0.4 is 0 Å². The zero-order chi connectivity index (χ0) is 15.7. The fraction of sp³-hybridized carbons (Fsp3) is 0.625. The van der Waals surface area contributed by atoms with Gasteiger partial charge >= 0.3 is 5.97 Å². The molecule has 22 heavy (non-hydrogen) atoms. The van der Waals surface area contributed by atoms with E-state index in [1.165, 1.54) is 11.8 Å². The fourth-order valence-electron chi connectivity index (χ4n) is 3.87. The zero-order valence-electron chi connectivity index (χ0n) is 12.8. The number of carboxylic acid groups (broad SMARTS) is 1. The Balaban J connectivity index is 1.79. The van der Waals surface area contributed by atoms with E-state index in [9.17, 15) is 14.7 Å². The minimum absolute atomic E-state index is 0.0153. The van der Waals surface area contributed by atoms with Crippen molar-refractivity contribution in [2.75, 3.05) is 26.2 Å². The minimum Gasteiger partial charge on any atom is -0.481 e. The van der Waals surface area contributed by atoms with Crippen molar-refractivity contribution in [1.29, 1.82) is 0 Å². The summed E-state index contributed by atoms with van der Waals surface area (Å²) in [5.74, 6) is -0.728. The summed E-state index contributed by atoms with van der Waals surface area (Å²) in [6, 6.07) is 4.17. The molecule has 2 aliphatic heterocycles. The second kappa shape index (κ2) is 6.01. The van der Waals surface area contributed by atoms with Crippen molar-refractivity contribution in [3.63, 3.8) is 0 Å². The standard InChI is InChI=1S/C16H22N2O3S/c1-12(19)18-9-13-8-17(10-14-4-2-7-22-14)6-3-5-16(13,11-18)15(20)21/h2,4,7,13H,3,5-6,8-11H2,1H3,(H,20,21)/t13-,16-/m1/s1. The number of amides is 1. The maximum atomic E-state index is 11.9. The van der Waals surface area contributed by atoms with Crippen LogP contribution >= 0.6 is 11.3 Å². The van der Waals surface area contributed by atoms with Gasteiger partial charge in [0.1, 0.15) is 0 Å². The lowest BCUT2D eigenvalue weighted by Gasteiger charge is -2.29. The lowest BCUT2D eigenvalue weighted by Crippen LogP contribution is -2.41. The lowest BCUT2D eigenvalue weighted by molar-refractivity contribution is -0.151. The summed E-state index contributed by atoms with van der Waals surface area (Å²) >= 11 is 1.74. The number of carboxylic acids is 1. The number of hydrogen-bond donors (Lipinski definition) is 1. The summed E-state index contributed by atoms with van der Waals surface area (Å²) in [5.41, 5.74) is -0.754. The number of rotatable bonds is 3. The van der Waals surface area contributed by atoms with Gasteiger partial charge in [0.15, 0.2) is 0 Å². The van der Waals surface area contributed by atoms with Crippen molar-refractivity contribution in [3.05, 3.63) is 22.4 Å². The summed E-state index contributed by atoms with van der Waals surface area (Å²) in [6.45, 7) is 5.04. The number of carbonyl (C=O) groups excluding carboxylic acids is 1. The van der Waals surface area contributed by atoms with Gasteiger partial charge in [-0.2, -0.15) is 0 Å². The molecule has 2 fully saturated rings. The van der Waals surface area contributed by atoms with Crippen LogP contribution in [0.5, 0.6) is 0 Å². The van der Waals surface area contributed by atoms with Crippen molar-refractivity contribution in [3.8, 4) is 0 Å². The third kappa shape index (κ3) is 2.77. The first kappa shape index (κ1) is 15.5. The van der Waals surface area contributed by atoms with Gasteiger partial charge in [0, 0.05) is 43.9 Å². The molecule has 3 heterocycles. The van der Waals surface area contributed by atoms with Crippen molar-refractivity contribution < 1.29 is 14.7 Å². The molecule has 5 nitrogen and oxygen atoms in total. The highest BCUT2D eigenvalue weighted by atomic mass is 32.1. The van der Waals surface area contributed by atoms with Gasteiger partial charge in [-0.1, -0.05) is 6.07 Å². The highest BCUT2D eigenvalue weighted by Gasteiger charge is 2.53. The van der Waals surface area contributed by atoms with Crippen LogP contribution in [0.3, 0.4) is 0 Å². The van der Waals surface area contributed by atoms with Crippen LogP contribution in [-0.4, -0.2) is 53.0 Å². The molecule has 120 valence electrons. The molecular formula is C16H22N2O3S. The summed E-state index contributed by atoms with van der Waals surface area (Å²) in [4.78, 5) is 29.0. The number of aliphatic carboxylic acids is 1. The Morgan fingerprint density at radius 2 is 2.27 bits per heavy atom. The van der Waals surface area contributed by atoms with Gasteiger partial charge in [-0.25, -0.2) is 0 Å². The molecule has 0 bridgehead atoms. The summed E-state index contributed by atoms with van der Waals surface area (Å²) < 4.78 is 0. The van der Waals surface area contributed by atoms with Gasteiger partial charge in [-0.3, -0.25) is 14.5 Å². The molecule has 0 unspecified atom stereocenters. The molecule has 0 spiro atoms. The van der Waals surface area contributed by atoms with Crippen LogP contribution in [0.4, 0.5) is 0 Å². The molecule has 1 aromatic rings. The Kier molecular flexibility index (Phi) is 4.23. The summed E-state index contributed by atoms with van der Waals surface area (Å²) in [7, 11) is 0. The Bertz CT molecular complexity index is 560. The predicted octanol–water partition coefficient (Wildman–Crippen LogP) is 1.89. The van der Waals surface area contributed by atoms with Crippen LogP contribution in [0, 0.1) is 11.3 Å². The number of likely N-dealkylation sites (tertiary alicyclic amines) is 2. The van der Waals surface area contributed by atoms with Gasteiger partial charge < -0.3 is 10.0 Å². The van der Waals surface area contributed by atoms with E-state index in [4.69, 9.17) is 0 Å².